The summed E-state index contributed by atoms with van der Waals surface area (Å²) in [7, 11) is 1.59. The number of carbonyl (C=O) groups excluding carboxylic acids is 1. The number of hydrogen-bond acceptors (Lipinski definition) is 2. The molecule has 0 bridgehead atoms. The van der Waals surface area contributed by atoms with Gasteiger partial charge in [0.25, 0.3) is 5.91 Å². The Morgan fingerprint density at radius 1 is 1.67 bits per heavy atom. The number of hydrogen-bond donors (Lipinski definition) is 1. The van der Waals surface area contributed by atoms with Gasteiger partial charge in [-0.15, -0.1) is 19.1 Å². The fraction of sp³-hybridized carbons (Fsp3) is 0.182. The lowest BCUT2D eigenvalue weighted by Crippen LogP contribution is -2.26. The molecule has 15 heavy (non-hydrogen) atoms. The van der Waals surface area contributed by atoms with E-state index in [2.05, 4.69) is 18.5 Å². The van der Waals surface area contributed by atoms with Crippen molar-refractivity contribution < 1.29 is 9.18 Å². The van der Waals surface area contributed by atoms with Crippen LogP contribution < -0.4 is 0 Å². The average Bonchev–Trinajstić information content (AvgIpc) is 2.21. The van der Waals surface area contributed by atoms with Crippen molar-refractivity contribution in [3.05, 3.63) is 29.6 Å². The fourth-order valence-corrected chi connectivity index (χ4v) is 1.29. The molecule has 0 radical (unpaired) electrons. The molecule has 0 aromatic heterocycles. The second-order valence-corrected chi connectivity index (χ2v) is 3.51. The van der Waals surface area contributed by atoms with E-state index < -0.39 is 5.82 Å². The molecule has 0 atom stereocenters. The van der Waals surface area contributed by atoms with Gasteiger partial charge in [-0.1, -0.05) is 5.92 Å². The van der Waals surface area contributed by atoms with Crippen LogP contribution in [-0.4, -0.2) is 24.4 Å². The quantitative estimate of drug-likeness (QED) is 0.599. The van der Waals surface area contributed by atoms with Crippen LogP contribution in [0.3, 0.4) is 0 Å². The zero-order valence-corrected chi connectivity index (χ0v) is 9.09. The molecule has 0 saturated heterocycles. The summed E-state index contributed by atoms with van der Waals surface area (Å²) in [5.41, 5.74) is 0.374. The molecule has 0 aliphatic rings. The lowest BCUT2D eigenvalue weighted by Gasteiger charge is -2.13. The second-order valence-electron chi connectivity index (χ2n) is 3.03. The molecule has 0 unspecified atom stereocenters. The third kappa shape index (κ3) is 2.74. The van der Waals surface area contributed by atoms with Crippen LogP contribution in [-0.2, 0) is 0 Å². The third-order valence-electron chi connectivity index (χ3n) is 1.87. The minimum Gasteiger partial charge on any atom is -0.331 e. The van der Waals surface area contributed by atoms with Crippen LogP contribution in [0.5, 0.6) is 0 Å². The predicted molar refractivity (Wildman–Crippen MR) is 59.4 cm³/mol. The Balaban J connectivity index is 2.93. The standard InChI is InChI=1S/C11H10FNOS/c1-3-6-13(2)11(14)8-4-5-9(12)10(15)7-8/h1,4-5,7,15H,6H2,2H3. The monoisotopic (exact) mass is 223 g/mol. The molecule has 1 aromatic carbocycles. The van der Waals surface area contributed by atoms with E-state index in [0.717, 1.165) is 0 Å². The van der Waals surface area contributed by atoms with Gasteiger partial charge in [-0.25, -0.2) is 4.39 Å². The Kier molecular flexibility index (Phi) is 3.75. The third-order valence-corrected chi connectivity index (χ3v) is 2.21. The van der Waals surface area contributed by atoms with Crippen molar-refractivity contribution in [2.24, 2.45) is 0 Å². The zero-order chi connectivity index (χ0) is 11.4. The van der Waals surface area contributed by atoms with Gasteiger partial charge < -0.3 is 4.90 Å². The topological polar surface area (TPSA) is 20.3 Å². The first-order valence-electron chi connectivity index (χ1n) is 4.23. The van der Waals surface area contributed by atoms with Gasteiger partial charge >= 0.3 is 0 Å². The van der Waals surface area contributed by atoms with Crippen LogP contribution >= 0.6 is 12.6 Å². The van der Waals surface area contributed by atoms with Gasteiger partial charge in [-0.3, -0.25) is 4.79 Å². The Morgan fingerprint density at radius 3 is 2.87 bits per heavy atom. The van der Waals surface area contributed by atoms with E-state index in [-0.39, 0.29) is 17.3 Å². The van der Waals surface area contributed by atoms with E-state index in [9.17, 15) is 9.18 Å². The molecule has 1 rings (SSSR count). The average molecular weight is 223 g/mol. The van der Waals surface area contributed by atoms with Gasteiger partial charge in [0.1, 0.15) is 5.82 Å². The van der Waals surface area contributed by atoms with Crippen LogP contribution in [0.2, 0.25) is 0 Å². The van der Waals surface area contributed by atoms with Crippen molar-refractivity contribution in [3.63, 3.8) is 0 Å². The number of nitrogens with zero attached hydrogens (tertiary/aromatic N) is 1. The largest absolute Gasteiger partial charge is 0.331 e. The summed E-state index contributed by atoms with van der Waals surface area (Å²) in [6.07, 6.45) is 5.08. The highest BCUT2D eigenvalue weighted by Crippen LogP contribution is 2.15. The van der Waals surface area contributed by atoms with Gasteiger partial charge in [0.2, 0.25) is 0 Å². The molecule has 0 heterocycles. The van der Waals surface area contributed by atoms with Crippen LogP contribution in [0.25, 0.3) is 0 Å². The number of carbonyl (C=O) groups is 1. The lowest BCUT2D eigenvalue weighted by atomic mass is 10.2. The van der Waals surface area contributed by atoms with Crippen molar-refractivity contribution in [2.75, 3.05) is 13.6 Å². The molecule has 0 spiro atoms. The van der Waals surface area contributed by atoms with Crippen LogP contribution in [0.4, 0.5) is 4.39 Å². The summed E-state index contributed by atoms with van der Waals surface area (Å²) in [5.74, 6) is 1.66. The van der Waals surface area contributed by atoms with E-state index in [1.807, 2.05) is 0 Å². The first-order chi connectivity index (χ1) is 7.06. The van der Waals surface area contributed by atoms with E-state index in [4.69, 9.17) is 6.42 Å². The number of rotatable bonds is 2. The number of terminal acetylenes is 1. The Bertz CT molecular complexity index is 425. The smallest absolute Gasteiger partial charge is 0.254 e. The van der Waals surface area contributed by atoms with Crippen molar-refractivity contribution >= 4 is 18.5 Å². The molecule has 1 amide bonds. The van der Waals surface area contributed by atoms with Gasteiger partial charge in [-0.05, 0) is 18.2 Å². The van der Waals surface area contributed by atoms with E-state index in [1.165, 1.54) is 23.1 Å². The second kappa shape index (κ2) is 4.85. The maximum atomic E-state index is 12.9. The molecule has 0 aliphatic carbocycles. The first-order valence-corrected chi connectivity index (χ1v) is 4.68. The number of halogens is 1. The first kappa shape index (κ1) is 11.6. The van der Waals surface area contributed by atoms with Gasteiger partial charge in [0.15, 0.2) is 0 Å². The Labute approximate surface area is 93.5 Å². The highest BCUT2D eigenvalue weighted by atomic mass is 32.1. The van der Waals surface area contributed by atoms with Crippen molar-refractivity contribution in [1.82, 2.24) is 4.90 Å². The molecule has 78 valence electrons. The van der Waals surface area contributed by atoms with Crippen molar-refractivity contribution in [2.45, 2.75) is 4.90 Å². The molecule has 1 aromatic rings. The summed E-state index contributed by atoms with van der Waals surface area (Å²) in [6.45, 7) is 0.220. The maximum Gasteiger partial charge on any atom is 0.254 e. The molecule has 0 aliphatic heterocycles. The van der Waals surface area contributed by atoms with E-state index in [0.29, 0.717) is 5.56 Å². The molecular formula is C11H10FNOS. The summed E-state index contributed by atoms with van der Waals surface area (Å²) < 4.78 is 12.9. The number of benzene rings is 1. The summed E-state index contributed by atoms with van der Waals surface area (Å²) in [4.78, 5) is 13.2. The summed E-state index contributed by atoms with van der Waals surface area (Å²) in [5, 5.41) is 0. The predicted octanol–water partition coefficient (Wildman–Crippen LogP) is 1.82. The molecule has 0 fully saturated rings. The SMILES string of the molecule is C#CCN(C)C(=O)c1ccc(F)c(S)c1. The van der Waals surface area contributed by atoms with Gasteiger partial charge in [-0.2, -0.15) is 0 Å². The van der Waals surface area contributed by atoms with Crippen LogP contribution in [0.15, 0.2) is 23.1 Å². The van der Waals surface area contributed by atoms with E-state index in [1.54, 1.807) is 7.05 Å². The summed E-state index contributed by atoms with van der Waals surface area (Å²) in [6, 6.07) is 4.00. The molecule has 0 N–H and O–H groups in total. The fourth-order valence-electron chi connectivity index (χ4n) is 1.07. The van der Waals surface area contributed by atoms with Crippen molar-refractivity contribution in [3.8, 4) is 12.3 Å². The molecule has 0 saturated carbocycles. The lowest BCUT2D eigenvalue weighted by molar-refractivity contribution is 0.0812. The van der Waals surface area contributed by atoms with Gasteiger partial charge in [0.05, 0.1) is 6.54 Å². The molecular weight excluding hydrogens is 213 g/mol. The highest BCUT2D eigenvalue weighted by molar-refractivity contribution is 7.80. The minimum absolute atomic E-state index is 0.148. The maximum absolute atomic E-state index is 12.9. The van der Waals surface area contributed by atoms with Crippen LogP contribution in [0.1, 0.15) is 10.4 Å². The van der Waals surface area contributed by atoms with E-state index >= 15 is 0 Å². The van der Waals surface area contributed by atoms with Crippen molar-refractivity contribution in [1.29, 1.82) is 0 Å². The number of thiol groups is 1. The zero-order valence-electron chi connectivity index (χ0n) is 8.20. The minimum atomic E-state index is -0.450. The molecule has 2 nitrogen and oxygen atoms in total. The Morgan fingerprint density at radius 2 is 2.33 bits per heavy atom. The molecule has 4 heteroatoms. The van der Waals surface area contributed by atoms with Gasteiger partial charge in [0, 0.05) is 17.5 Å². The number of amides is 1. The van der Waals surface area contributed by atoms with Crippen LogP contribution in [0, 0.1) is 18.2 Å². The Hall–Kier alpha value is -1.47. The highest BCUT2D eigenvalue weighted by Gasteiger charge is 2.11. The summed E-state index contributed by atoms with van der Waals surface area (Å²) >= 11 is 3.90. The normalized spacial score (nSPS) is 9.47.